The lowest BCUT2D eigenvalue weighted by Crippen LogP contribution is -2.51. The summed E-state index contributed by atoms with van der Waals surface area (Å²) in [6.45, 7) is 9.96. The maximum Gasteiger partial charge on any atom is 0.234 e. The third-order valence-electron chi connectivity index (χ3n) is 6.58. The molecule has 6 heteroatoms. The van der Waals surface area contributed by atoms with Gasteiger partial charge in [0.1, 0.15) is 5.01 Å². The molecule has 0 unspecified atom stereocenters. The van der Waals surface area contributed by atoms with Crippen molar-refractivity contribution in [3.05, 3.63) is 29.3 Å². The van der Waals surface area contributed by atoms with Crippen molar-refractivity contribution in [1.82, 2.24) is 20.1 Å². The van der Waals surface area contributed by atoms with Gasteiger partial charge in [0.25, 0.3) is 0 Å². The second-order valence-corrected chi connectivity index (χ2v) is 9.68. The van der Waals surface area contributed by atoms with E-state index in [9.17, 15) is 4.79 Å². The summed E-state index contributed by atoms with van der Waals surface area (Å²) in [6.07, 6.45) is 3.66. The summed E-state index contributed by atoms with van der Waals surface area (Å²) in [5, 5.41) is 4.50. The summed E-state index contributed by atoms with van der Waals surface area (Å²) in [4.78, 5) is 22.0. The van der Waals surface area contributed by atoms with Crippen LogP contribution in [0.2, 0.25) is 0 Å². The van der Waals surface area contributed by atoms with Gasteiger partial charge in [-0.25, -0.2) is 4.98 Å². The van der Waals surface area contributed by atoms with Gasteiger partial charge in [0.15, 0.2) is 0 Å². The summed E-state index contributed by atoms with van der Waals surface area (Å²) < 4.78 is 1.26. The molecule has 28 heavy (non-hydrogen) atoms. The number of nitrogens with zero attached hydrogens (tertiary/aromatic N) is 3. The van der Waals surface area contributed by atoms with Crippen LogP contribution in [0, 0.1) is 11.8 Å². The lowest BCUT2D eigenvalue weighted by Gasteiger charge is -2.36. The van der Waals surface area contributed by atoms with Crippen molar-refractivity contribution >= 4 is 27.5 Å². The van der Waals surface area contributed by atoms with E-state index in [2.05, 4.69) is 47.2 Å². The monoisotopic (exact) mass is 400 g/mol. The van der Waals surface area contributed by atoms with Gasteiger partial charge in [-0.1, -0.05) is 38.8 Å². The Balaban J connectivity index is 1.22. The van der Waals surface area contributed by atoms with Crippen LogP contribution in [0.5, 0.6) is 0 Å². The predicted molar refractivity (Wildman–Crippen MR) is 115 cm³/mol. The summed E-state index contributed by atoms with van der Waals surface area (Å²) in [7, 11) is 0. The number of hydrogen-bond acceptors (Lipinski definition) is 5. The fourth-order valence-electron chi connectivity index (χ4n) is 4.53. The number of nitrogens with one attached hydrogen (secondary N) is 1. The van der Waals surface area contributed by atoms with Gasteiger partial charge in [0.05, 0.1) is 23.3 Å². The number of para-hydroxylation sites is 1. The molecule has 2 heterocycles. The number of amides is 1. The zero-order valence-electron chi connectivity index (χ0n) is 17.1. The first-order chi connectivity index (χ1) is 13.6. The minimum absolute atomic E-state index is 0.200. The first-order valence-corrected chi connectivity index (χ1v) is 11.5. The fourth-order valence-corrected chi connectivity index (χ4v) is 5.54. The van der Waals surface area contributed by atoms with E-state index < -0.39 is 0 Å². The first-order valence-electron chi connectivity index (χ1n) is 10.7. The Bertz CT molecular complexity index is 766. The van der Waals surface area contributed by atoms with E-state index in [1.807, 2.05) is 6.07 Å². The molecule has 2 fully saturated rings. The molecule has 4 rings (SSSR count). The molecule has 1 aromatic carbocycles. The number of piperazine rings is 1. The van der Waals surface area contributed by atoms with Gasteiger partial charge in [-0.2, -0.15) is 0 Å². The quantitative estimate of drug-likeness (QED) is 0.836. The van der Waals surface area contributed by atoms with Crippen molar-refractivity contribution in [2.24, 2.45) is 11.8 Å². The number of aromatic nitrogens is 1. The third-order valence-corrected chi connectivity index (χ3v) is 7.60. The Morgan fingerprint density at radius 3 is 2.68 bits per heavy atom. The first kappa shape index (κ1) is 19.8. The van der Waals surface area contributed by atoms with Crippen molar-refractivity contribution in [3.8, 4) is 0 Å². The average Bonchev–Trinajstić information content (AvgIpc) is 3.09. The SMILES string of the molecule is C[C@@H]1[C@H](C)CCC[C@H]1NC(=O)CN1CCN(Cc2nc3ccccc3s2)CC1. The van der Waals surface area contributed by atoms with E-state index in [1.165, 1.54) is 22.5 Å². The lowest BCUT2D eigenvalue weighted by molar-refractivity contribution is -0.124. The van der Waals surface area contributed by atoms with Crippen LogP contribution in [0.4, 0.5) is 0 Å². The number of thiazole rings is 1. The van der Waals surface area contributed by atoms with Crippen LogP contribution in [-0.2, 0) is 11.3 Å². The minimum atomic E-state index is 0.200. The van der Waals surface area contributed by atoms with Gasteiger partial charge in [-0.15, -0.1) is 11.3 Å². The molecule has 0 bridgehead atoms. The molecule has 1 aliphatic carbocycles. The topological polar surface area (TPSA) is 48.5 Å². The zero-order valence-corrected chi connectivity index (χ0v) is 17.9. The van der Waals surface area contributed by atoms with Gasteiger partial charge < -0.3 is 5.32 Å². The molecule has 0 radical (unpaired) electrons. The van der Waals surface area contributed by atoms with E-state index in [1.54, 1.807) is 11.3 Å². The maximum atomic E-state index is 12.5. The number of hydrogen-bond donors (Lipinski definition) is 1. The molecule has 1 aliphatic heterocycles. The van der Waals surface area contributed by atoms with Crippen LogP contribution in [0.25, 0.3) is 10.2 Å². The molecule has 2 aromatic rings. The van der Waals surface area contributed by atoms with Crippen LogP contribution < -0.4 is 5.32 Å². The van der Waals surface area contributed by atoms with E-state index >= 15 is 0 Å². The van der Waals surface area contributed by atoms with Crippen molar-refractivity contribution < 1.29 is 4.79 Å². The molecule has 5 nitrogen and oxygen atoms in total. The Morgan fingerprint density at radius 2 is 1.89 bits per heavy atom. The van der Waals surface area contributed by atoms with E-state index in [4.69, 9.17) is 4.98 Å². The Labute approximate surface area is 172 Å². The van der Waals surface area contributed by atoms with Crippen LogP contribution in [0.1, 0.15) is 38.1 Å². The molecule has 152 valence electrons. The second-order valence-electron chi connectivity index (χ2n) is 8.57. The van der Waals surface area contributed by atoms with Crippen molar-refractivity contribution in [2.45, 2.75) is 45.7 Å². The molecule has 3 atom stereocenters. The molecule has 1 saturated carbocycles. The predicted octanol–water partition coefficient (Wildman–Crippen LogP) is 3.35. The van der Waals surface area contributed by atoms with Gasteiger partial charge in [-0.3, -0.25) is 14.6 Å². The summed E-state index contributed by atoms with van der Waals surface area (Å²) in [5.74, 6) is 1.50. The maximum absolute atomic E-state index is 12.5. The van der Waals surface area contributed by atoms with E-state index in [-0.39, 0.29) is 5.91 Å². The minimum Gasteiger partial charge on any atom is -0.352 e. The van der Waals surface area contributed by atoms with Crippen molar-refractivity contribution in [1.29, 1.82) is 0 Å². The van der Waals surface area contributed by atoms with Crippen LogP contribution in [-0.4, -0.2) is 59.5 Å². The van der Waals surface area contributed by atoms with Gasteiger partial charge in [-0.05, 0) is 30.4 Å². The number of fused-ring (bicyclic) bond motifs is 1. The highest BCUT2D eigenvalue weighted by atomic mass is 32.1. The summed E-state index contributed by atoms with van der Waals surface area (Å²) in [5.41, 5.74) is 1.10. The second kappa shape index (κ2) is 8.89. The van der Waals surface area contributed by atoms with Crippen molar-refractivity contribution in [2.75, 3.05) is 32.7 Å². The summed E-state index contributed by atoms with van der Waals surface area (Å²) in [6, 6.07) is 8.70. The molecule has 0 spiro atoms. The lowest BCUT2D eigenvalue weighted by atomic mass is 9.78. The smallest absolute Gasteiger partial charge is 0.234 e. The van der Waals surface area contributed by atoms with E-state index in [0.717, 1.165) is 44.7 Å². The number of carbonyl (C=O) groups is 1. The van der Waals surface area contributed by atoms with Gasteiger partial charge >= 0.3 is 0 Å². The summed E-state index contributed by atoms with van der Waals surface area (Å²) >= 11 is 1.79. The Kier molecular flexibility index (Phi) is 6.28. The largest absolute Gasteiger partial charge is 0.352 e. The highest BCUT2D eigenvalue weighted by Gasteiger charge is 2.29. The third kappa shape index (κ3) is 4.73. The molecule has 1 N–H and O–H groups in total. The van der Waals surface area contributed by atoms with Gasteiger partial charge in [0, 0.05) is 32.2 Å². The standard InChI is InChI=1S/C22H32N4OS/c1-16-6-5-8-18(17(16)2)23-21(27)14-25-10-12-26(13-11-25)15-22-24-19-7-3-4-9-20(19)28-22/h3-4,7,9,16-18H,5-6,8,10-15H2,1-2H3,(H,23,27)/t16-,17-,18-/m1/s1. The van der Waals surface area contributed by atoms with Crippen LogP contribution >= 0.6 is 11.3 Å². The highest BCUT2D eigenvalue weighted by Crippen LogP contribution is 2.29. The fraction of sp³-hybridized carbons (Fsp3) is 0.636. The van der Waals surface area contributed by atoms with E-state index in [0.29, 0.717) is 24.4 Å². The number of carbonyl (C=O) groups excluding carboxylic acids is 1. The zero-order chi connectivity index (χ0) is 19.5. The Morgan fingerprint density at radius 1 is 1.14 bits per heavy atom. The Hall–Kier alpha value is -1.50. The molecular formula is C22H32N4OS. The molecule has 2 aliphatic rings. The van der Waals surface area contributed by atoms with Crippen LogP contribution in [0.3, 0.4) is 0 Å². The van der Waals surface area contributed by atoms with Gasteiger partial charge in [0.2, 0.25) is 5.91 Å². The van der Waals surface area contributed by atoms with Crippen LogP contribution in [0.15, 0.2) is 24.3 Å². The number of rotatable bonds is 5. The normalized spacial score (nSPS) is 27.1. The molecular weight excluding hydrogens is 368 g/mol. The van der Waals surface area contributed by atoms with Crippen molar-refractivity contribution in [3.63, 3.8) is 0 Å². The highest BCUT2D eigenvalue weighted by molar-refractivity contribution is 7.18. The molecule has 1 amide bonds. The average molecular weight is 401 g/mol. The molecule has 1 saturated heterocycles. The molecule has 1 aromatic heterocycles. The number of benzene rings is 1.